The number of aromatic nitrogens is 1. The molecule has 6 nitrogen and oxygen atoms in total. The van der Waals surface area contributed by atoms with E-state index in [4.69, 9.17) is 9.72 Å². The van der Waals surface area contributed by atoms with Gasteiger partial charge in [0, 0.05) is 32.1 Å². The summed E-state index contributed by atoms with van der Waals surface area (Å²) in [4.78, 5) is 4.73. The SMILES string of the molecule is O=S(=O)(N1CCOCC1)N1CCCC(c2nc3ccccc3s2)C1. The van der Waals surface area contributed by atoms with Crippen LogP contribution < -0.4 is 0 Å². The highest BCUT2D eigenvalue weighted by atomic mass is 32.2. The highest BCUT2D eigenvalue weighted by Gasteiger charge is 2.35. The summed E-state index contributed by atoms with van der Waals surface area (Å²) in [5, 5.41) is 1.05. The van der Waals surface area contributed by atoms with Gasteiger partial charge in [-0.05, 0) is 25.0 Å². The van der Waals surface area contributed by atoms with Crippen LogP contribution in [-0.2, 0) is 14.9 Å². The number of hydrogen-bond donors (Lipinski definition) is 0. The van der Waals surface area contributed by atoms with E-state index in [0.717, 1.165) is 23.4 Å². The lowest BCUT2D eigenvalue weighted by atomic mass is 10.0. The monoisotopic (exact) mass is 367 g/mol. The first-order valence-corrected chi connectivity index (χ1v) is 10.5. The number of benzene rings is 1. The average Bonchev–Trinajstić information content (AvgIpc) is 3.07. The Morgan fingerprint density at radius 3 is 2.71 bits per heavy atom. The van der Waals surface area contributed by atoms with Crippen molar-refractivity contribution in [1.29, 1.82) is 0 Å². The van der Waals surface area contributed by atoms with E-state index in [0.29, 0.717) is 39.4 Å². The van der Waals surface area contributed by atoms with Crippen molar-refractivity contribution in [2.45, 2.75) is 18.8 Å². The van der Waals surface area contributed by atoms with Crippen LogP contribution in [0, 0.1) is 0 Å². The number of nitrogens with zero attached hydrogens (tertiary/aromatic N) is 3. The molecule has 0 saturated carbocycles. The van der Waals surface area contributed by atoms with Crippen molar-refractivity contribution < 1.29 is 13.2 Å². The molecular weight excluding hydrogens is 346 g/mol. The summed E-state index contributed by atoms with van der Waals surface area (Å²) < 4.78 is 35.4. The molecule has 1 unspecified atom stereocenters. The van der Waals surface area contributed by atoms with Gasteiger partial charge >= 0.3 is 0 Å². The second-order valence-electron chi connectivity index (χ2n) is 6.24. The van der Waals surface area contributed by atoms with E-state index in [2.05, 4.69) is 6.07 Å². The Balaban J connectivity index is 1.54. The normalized spacial score (nSPS) is 24.4. The zero-order valence-corrected chi connectivity index (χ0v) is 15.1. The number of hydrogen-bond acceptors (Lipinski definition) is 5. The molecule has 8 heteroatoms. The highest BCUT2D eigenvalue weighted by Crippen LogP contribution is 2.34. The molecule has 0 amide bonds. The largest absolute Gasteiger partial charge is 0.379 e. The van der Waals surface area contributed by atoms with Gasteiger partial charge in [-0.1, -0.05) is 12.1 Å². The van der Waals surface area contributed by atoms with Crippen molar-refractivity contribution in [3.8, 4) is 0 Å². The molecule has 0 bridgehead atoms. The summed E-state index contributed by atoms with van der Waals surface area (Å²) >= 11 is 1.69. The van der Waals surface area contributed by atoms with Crippen LogP contribution in [0.2, 0.25) is 0 Å². The first-order valence-electron chi connectivity index (χ1n) is 8.33. The Kier molecular flexibility index (Phi) is 4.57. The molecule has 2 saturated heterocycles. The van der Waals surface area contributed by atoms with E-state index < -0.39 is 10.2 Å². The van der Waals surface area contributed by atoms with Gasteiger partial charge in [-0.25, -0.2) is 4.98 Å². The smallest absolute Gasteiger partial charge is 0.282 e. The first-order chi connectivity index (χ1) is 11.6. The zero-order valence-electron chi connectivity index (χ0n) is 13.4. The standard InChI is InChI=1S/C16H21N3O3S2/c20-24(21,18-8-10-22-11-9-18)19-7-3-4-13(12-19)16-17-14-5-1-2-6-15(14)23-16/h1-2,5-6,13H,3-4,7-12H2. The summed E-state index contributed by atoms with van der Waals surface area (Å²) in [7, 11) is -3.39. The Morgan fingerprint density at radius 1 is 1.12 bits per heavy atom. The second kappa shape index (κ2) is 6.68. The van der Waals surface area contributed by atoms with Gasteiger partial charge in [0.15, 0.2) is 0 Å². The van der Waals surface area contributed by atoms with Gasteiger partial charge < -0.3 is 4.74 Å². The van der Waals surface area contributed by atoms with Crippen LogP contribution in [0.3, 0.4) is 0 Å². The number of piperidine rings is 1. The van der Waals surface area contributed by atoms with Crippen molar-refractivity contribution in [2.75, 3.05) is 39.4 Å². The molecular formula is C16H21N3O3S2. The molecule has 1 atom stereocenters. The lowest BCUT2D eigenvalue weighted by Crippen LogP contribution is -2.51. The molecule has 3 heterocycles. The average molecular weight is 367 g/mol. The molecule has 4 rings (SSSR count). The third-order valence-electron chi connectivity index (χ3n) is 4.67. The number of morpholine rings is 1. The maximum absolute atomic E-state index is 12.9. The molecule has 2 fully saturated rings. The van der Waals surface area contributed by atoms with E-state index in [1.54, 1.807) is 19.9 Å². The Hall–Kier alpha value is -1.06. The maximum atomic E-state index is 12.9. The van der Waals surface area contributed by atoms with Crippen LogP contribution in [0.25, 0.3) is 10.2 Å². The third-order valence-corrected chi connectivity index (χ3v) is 7.87. The van der Waals surface area contributed by atoms with Crippen molar-refractivity contribution in [3.63, 3.8) is 0 Å². The number of rotatable bonds is 3. The quantitative estimate of drug-likeness (QED) is 0.833. The lowest BCUT2D eigenvalue weighted by Gasteiger charge is -2.36. The molecule has 0 aliphatic carbocycles. The maximum Gasteiger partial charge on any atom is 0.282 e. The van der Waals surface area contributed by atoms with Crippen molar-refractivity contribution in [3.05, 3.63) is 29.3 Å². The molecule has 2 aliphatic heterocycles. The summed E-state index contributed by atoms with van der Waals surface area (Å²) in [6, 6.07) is 8.09. The zero-order chi connectivity index (χ0) is 16.6. The fourth-order valence-corrected chi connectivity index (χ4v) is 6.12. The lowest BCUT2D eigenvalue weighted by molar-refractivity contribution is 0.0695. The molecule has 24 heavy (non-hydrogen) atoms. The van der Waals surface area contributed by atoms with Crippen molar-refractivity contribution >= 4 is 31.8 Å². The molecule has 2 aliphatic rings. The van der Waals surface area contributed by atoms with Gasteiger partial charge in [0.05, 0.1) is 28.4 Å². The van der Waals surface area contributed by atoms with Gasteiger partial charge in [-0.2, -0.15) is 17.0 Å². The molecule has 2 aromatic rings. The minimum atomic E-state index is -3.39. The molecule has 0 spiro atoms. The fourth-order valence-electron chi connectivity index (χ4n) is 3.36. The number of para-hydroxylation sites is 1. The van der Waals surface area contributed by atoms with E-state index in [1.807, 2.05) is 18.2 Å². The fraction of sp³-hybridized carbons (Fsp3) is 0.562. The van der Waals surface area contributed by atoms with Crippen LogP contribution in [-0.4, -0.2) is 61.4 Å². The van der Waals surface area contributed by atoms with Crippen LogP contribution in [0.15, 0.2) is 24.3 Å². The number of ether oxygens (including phenoxy) is 1. The van der Waals surface area contributed by atoms with Gasteiger partial charge in [0.25, 0.3) is 10.2 Å². The molecule has 130 valence electrons. The van der Waals surface area contributed by atoms with Crippen LogP contribution >= 0.6 is 11.3 Å². The molecule has 1 aromatic heterocycles. The number of thiazole rings is 1. The van der Waals surface area contributed by atoms with Gasteiger partial charge in [-0.3, -0.25) is 0 Å². The Labute approximate surface area is 146 Å². The predicted octanol–water partition coefficient (Wildman–Crippen LogP) is 2.05. The van der Waals surface area contributed by atoms with E-state index in [9.17, 15) is 8.42 Å². The summed E-state index contributed by atoms with van der Waals surface area (Å²) in [6.07, 6.45) is 1.87. The van der Waals surface area contributed by atoms with Crippen molar-refractivity contribution in [2.24, 2.45) is 0 Å². The van der Waals surface area contributed by atoms with Crippen LogP contribution in [0.5, 0.6) is 0 Å². The van der Waals surface area contributed by atoms with E-state index in [1.165, 1.54) is 4.70 Å². The summed E-state index contributed by atoms with van der Waals surface area (Å²) in [5.74, 6) is 0.187. The summed E-state index contributed by atoms with van der Waals surface area (Å²) in [6.45, 7) is 2.98. The van der Waals surface area contributed by atoms with Gasteiger partial charge in [0.2, 0.25) is 0 Å². The minimum Gasteiger partial charge on any atom is -0.379 e. The second-order valence-corrected chi connectivity index (χ2v) is 9.23. The van der Waals surface area contributed by atoms with Crippen LogP contribution in [0.4, 0.5) is 0 Å². The van der Waals surface area contributed by atoms with Gasteiger partial charge in [0.1, 0.15) is 0 Å². The Morgan fingerprint density at radius 2 is 1.92 bits per heavy atom. The number of fused-ring (bicyclic) bond motifs is 1. The minimum absolute atomic E-state index is 0.187. The summed E-state index contributed by atoms with van der Waals surface area (Å²) in [5.41, 5.74) is 1.01. The molecule has 0 N–H and O–H groups in total. The first kappa shape index (κ1) is 16.4. The third kappa shape index (κ3) is 3.09. The predicted molar refractivity (Wildman–Crippen MR) is 94.5 cm³/mol. The Bertz CT molecular complexity index is 782. The molecule has 0 radical (unpaired) electrons. The van der Waals surface area contributed by atoms with Gasteiger partial charge in [-0.15, -0.1) is 11.3 Å². The van der Waals surface area contributed by atoms with Crippen LogP contribution in [0.1, 0.15) is 23.8 Å². The molecule has 1 aromatic carbocycles. The topological polar surface area (TPSA) is 62.7 Å². The highest BCUT2D eigenvalue weighted by molar-refractivity contribution is 7.86. The van der Waals surface area contributed by atoms with Crippen molar-refractivity contribution in [1.82, 2.24) is 13.6 Å². The van der Waals surface area contributed by atoms with E-state index >= 15 is 0 Å². The van der Waals surface area contributed by atoms with E-state index in [-0.39, 0.29) is 5.92 Å².